The van der Waals surface area contributed by atoms with E-state index in [1.54, 1.807) is 66.7 Å². The zero-order chi connectivity index (χ0) is 27.3. The number of halogens is 2. The first-order chi connectivity index (χ1) is 18.0. The van der Waals surface area contributed by atoms with Crippen LogP contribution in [0.15, 0.2) is 122 Å². The van der Waals surface area contributed by atoms with Gasteiger partial charge in [0.2, 0.25) is 5.91 Å². The molecule has 12 heteroatoms. The smallest absolute Gasteiger partial charge is 0.264 e. The van der Waals surface area contributed by atoms with Crippen molar-refractivity contribution in [2.75, 3.05) is 20.9 Å². The lowest BCUT2D eigenvalue weighted by Gasteiger charge is -2.24. The zero-order valence-corrected chi connectivity index (χ0v) is 24.4. The predicted molar refractivity (Wildman–Crippen MR) is 155 cm³/mol. The molecule has 0 aliphatic carbocycles. The maximum Gasteiger partial charge on any atom is 0.264 e. The van der Waals surface area contributed by atoms with Crippen molar-refractivity contribution in [2.24, 2.45) is 0 Å². The van der Waals surface area contributed by atoms with Gasteiger partial charge in [0, 0.05) is 20.3 Å². The second kappa shape index (κ2) is 11.7. The predicted octanol–water partition coefficient (Wildman–Crippen LogP) is 5.85. The molecule has 0 fully saturated rings. The Morgan fingerprint density at radius 3 is 1.76 bits per heavy atom. The van der Waals surface area contributed by atoms with Gasteiger partial charge in [0.15, 0.2) is 0 Å². The summed E-state index contributed by atoms with van der Waals surface area (Å²) in [5.41, 5.74) is 1.02. The summed E-state index contributed by atoms with van der Waals surface area (Å²) >= 11 is 6.63. The van der Waals surface area contributed by atoms with E-state index >= 15 is 0 Å². The third-order valence-electron chi connectivity index (χ3n) is 5.28. The van der Waals surface area contributed by atoms with Gasteiger partial charge in [-0.15, -0.1) is 0 Å². The van der Waals surface area contributed by atoms with Crippen LogP contribution in [-0.4, -0.2) is 29.3 Å². The largest absolute Gasteiger partial charge is 0.325 e. The molecule has 0 aliphatic heterocycles. The third kappa shape index (κ3) is 6.81. The van der Waals surface area contributed by atoms with E-state index in [0.717, 1.165) is 13.3 Å². The minimum Gasteiger partial charge on any atom is -0.325 e. The molecule has 38 heavy (non-hydrogen) atoms. The quantitative estimate of drug-likeness (QED) is 0.231. The Bertz CT molecular complexity index is 1630. The van der Waals surface area contributed by atoms with Gasteiger partial charge in [-0.05, 0) is 84.9 Å². The highest BCUT2D eigenvalue weighted by Crippen LogP contribution is 2.26. The van der Waals surface area contributed by atoms with E-state index in [9.17, 15) is 21.6 Å². The van der Waals surface area contributed by atoms with Crippen LogP contribution in [0.3, 0.4) is 0 Å². The van der Waals surface area contributed by atoms with Crippen molar-refractivity contribution in [2.45, 2.75) is 9.79 Å². The standard InChI is InChI=1S/C26H21Br2N3O5S2/c27-19-6-10-22(11-7-19)30-37(33,34)24-16-12-21(13-17-24)29-26(32)18-31(23-14-8-20(28)9-15-23)38(35,36)25-4-2-1-3-5-25/h1-17,30H,18H2,(H,29,32). The summed E-state index contributed by atoms with van der Waals surface area (Å²) in [6.45, 7) is -0.496. The van der Waals surface area contributed by atoms with Gasteiger partial charge in [0.1, 0.15) is 6.54 Å². The van der Waals surface area contributed by atoms with Gasteiger partial charge >= 0.3 is 0 Å². The Kier molecular flexibility index (Phi) is 8.56. The fourth-order valence-electron chi connectivity index (χ4n) is 3.42. The lowest BCUT2D eigenvalue weighted by Crippen LogP contribution is -2.38. The highest BCUT2D eigenvalue weighted by atomic mass is 79.9. The van der Waals surface area contributed by atoms with Gasteiger partial charge in [-0.2, -0.15) is 0 Å². The first-order valence-electron chi connectivity index (χ1n) is 11.1. The van der Waals surface area contributed by atoms with Crippen LogP contribution in [0, 0.1) is 0 Å². The number of hydrogen-bond acceptors (Lipinski definition) is 5. The number of amides is 1. The average Bonchev–Trinajstić information content (AvgIpc) is 2.90. The van der Waals surface area contributed by atoms with Crippen LogP contribution in [0.4, 0.5) is 17.1 Å². The number of nitrogens with one attached hydrogen (secondary N) is 2. The maximum absolute atomic E-state index is 13.4. The summed E-state index contributed by atoms with van der Waals surface area (Å²) in [7, 11) is -7.90. The van der Waals surface area contributed by atoms with Crippen molar-refractivity contribution in [3.05, 3.63) is 112 Å². The molecule has 0 bridgehead atoms. The summed E-state index contributed by atoms with van der Waals surface area (Å²) in [5.74, 6) is -0.601. The molecule has 8 nitrogen and oxygen atoms in total. The molecule has 0 heterocycles. The fourth-order valence-corrected chi connectivity index (χ4v) is 6.45. The molecular weight excluding hydrogens is 658 g/mol. The minimum atomic E-state index is -4.05. The van der Waals surface area contributed by atoms with Gasteiger partial charge < -0.3 is 5.32 Å². The topological polar surface area (TPSA) is 113 Å². The molecule has 0 aliphatic rings. The molecule has 4 rings (SSSR count). The van der Waals surface area contributed by atoms with Gasteiger partial charge in [-0.25, -0.2) is 16.8 Å². The van der Waals surface area contributed by atoms with E-state index in [1.165, 1.54) is 36.4 Å². The van der Waals surface area contributed by atoms with E-state index in [4.69, 9.17) is 0 Å². The Hall–Kier alpha value is -3.19. The molecular formula is C26H21Br2N3O5S2. The number of sulfonamides is 2. The number of rotatable bonds is 9. The van der Waals surface area contributed by atoms with Crippen LogP contribution in [0.1, 0.15) is 0 Å². The van der Waals surface area contributed by atoms with E-state index in [-0.39, 0.29) is 9.79 Å². The Morgan fingerprint density at radius 1 is 0.658 bits per heavy atom. The van der Waals surface area contributed by atoms with E-state index in [2.05, 4.69) is 41.9 Å². The monoisotopic (exact) mass is 677 g/mol. The second-order valence-electron chi connectivity index (χ2n) is 7.99. The molecule has 0 spiro atoms. The molecule has 2 N–H and O–H groups in total. The number of nitrogens with zero attached hydrogens (tertiary/aromatic N) is 1. The molecule has 0 atom stereocenters. The summed E-state index contributed by atoms with van der Waals surface area (Å²) in [4.78, 5) is 13.0. The second-order valence-corrected chi connectivity index (χ2v) is 13.4. The lowest BCUT2D eigenvalue weighted by molar-refractivity contribution is -0.114. The Morgan fingerprint density at radius 2 is 1.18 bits per heavy atom. The van der Waals surface area contributed by atoms with Crippen LogP contribution in [0.25, 0.3) is 0 Å². The maximum atomic E-state index is 13.4. The van der Waals surface area contributed by atoms with Crippen LogP contribution < -0.4 is 14.3 Å². The minimum absolute atomic E-state index is 0.00145. The van der Waals surface area contributed by atoms with Crippen molar-refractivity contribution >= 4 is 74.9 Å². The first kappa shape index (κ1) is 27.8. The van der Waals surface area contributed by atoms with Gasteiger partial charge in [0.25, 0.3) is 20.0 Å². The highest BCUT2D eigenvalue weighted by Gasteiger charge is 2.27. The number of carbonyl (C=O) groups excluding carboxylic acids is 1. The van der Waals surface area contributed by atoms with Crippen molar-refractivity contribution in [3.63, 3.8) is 0 Å². The fraction of sp³-hybridized carbons (Fsp3) is 0.0385. The molecule has 0 aromatic heterocycles. The zero-order valence-electron chi connectivity index (χ0n) is 19.6. The molecule has 0 unspecified atom stereocenters. The summed E-state index contributed by atoms with van der Waals surface area (Å²) in [5, 5.41) is 2.64. The molecule has 196 valence electrons. The number of hydrogen-bond donors (Lipinski definition) is 2. The van der Waals surface area contributed by atoms with Crippen LogP contribution in [0.5, 0.6) is 0 Å². The number of benzene rings is 4. The number of anilines is 3. The molecule has 1 amide bonds. The Balaban J connectivity index is 1.51. The van der Waals surface area contributed by atoms with Crippen LogP contribution >= 0.6 is 31.9 Å². The van der Waals surface area contributed by atoms with Crippen LogP contribution in [-0.2, 0) is 24.8 Å². The van der Waals surface area contributed by atoms with Crippen molar-refractivity contribution in [3.8, 4) is 0 Å². The summed E-state index contributed by atoms with van der Waals surface area (Å²) in [6, 6.07) is 26.6. The average molecular weight is 679 g/mol. The third-order valence-corrected chi connectivity index (χ3v) is 9.52. The first-order valence-corrected chi connectivity index (χ1v) is 15.6. The van der Waals surface area contributed by atoms with E-state index in [1.807, 2.05) is 0 Å². The van der Waals surface area contributed by atoms with Gasteiger partial charge in [-0.1, -0.05) is 50.1 Å². The van der Waals surface area contributed by atoms with Gasteiger partial charge in [0.05, 0.1) is 15.5 Å². The van der Waals surface area contributed by atoms with Crippen molar-refractivity contribution < 1.29 is 21.6 Å². The molecule has 0 radical (unpaired) electrons. The molecule has 0 saturated carbocycles. The molecule has 0 saturated heterocycles. The summed E-state index contributed by atoms with van der Waals surface area (Å²) < 4.78 is 57.3. The Labute approximate surface area is 238 Å². The SMILES string of the molecule is O=C(CN(c1ccc(Br)cc1)S(=O)(=O)c1ccccc1)Nc1ccc(S(=O)(=O)Nc2ccc(Br)cc2)cc1. The van der Waals surface area contributed by atoms with E-state index in [0.29, 0.717) is 17.1 Å². The number of carbonyl (C=O) groups is 1. The van der Waals surface area contributed by atoms with E-state index < -0.39 is 32.5 Å². The normalized spacial score (nSPS) is 11.5. The lowest BCUT2D eigenvalue weighted by atomic mass is 10.3. The van der Waals surface area contributed by atoms with Crippen molar-refractivity contribution in [1.29, 1.82) is 0 Å². The van der Waals surface area contributed by atoms with Crippen molar-refractivity contribution in [1.82, 2.24) is 0 Å². The summed E-state index contributed by atoms with van der Waals surface area (Å²) in [6.07, 6.45) is 0. The van der Waals surface area contributed by atoms with Crippen LogP contribution in [0.2, 0.25) is 0 Å². The molecule has 4 aromatic rings. The highest BCUT2D eigenvalue weighted by molar-refractivity contribution is 9.10. The van der Waals surface area contributed by atoms with Gasteiger partial charge in [-0.3, -0.25) is 13.8 Å². The molecule has 4 aromatic carbocycles.